The van der Waals surface area contributed by atoms with Gasteiger partial charge in [-0.2, -0.15) is 0 Å². The molecule has 9 heteroatoms. The number of carbonyl (C=O) groups excluding carboxylic acids is 3. The summed E-state index contributed by atoms with van der Waals surface area (Å²) in [4.78, 5) is 37.0. The Kier molecular flexibility index (Phi) is 5.62. The third-order valence-corrected chi connectivity index (χ3v) is 4.41. The second kappa shape index (κ2) is 8.12. The van der Waals surface area contributed by atoms with Gasteiger partial charge in [0, 0.05) is 13.1 Å². The number of hydrogen-bond donors (Lipinski definition) is 1. The van der Waals surface area contributed by atoms with Crippen molar-refractivity contribution in [3.8, 4) is 5.75 Å². The van der Waals surface area contributed by atoms with Crippen LogP contribution in [0.3, 0.4) is 0 Å². The molecule has 3 rings (SSSR count). The molecule has 0 radical (unpaired) electrons. The number of carbonyl (C=O) groups is 3. The van der Waals surface area contributed by atoms with Crippen molar-refractivity contribution in [3.05, 3.63) is 46.8 Å². The number of nitrogens with one attached hydrogen (secondary N) is 1. The van der Waals surface area contributed by atoms with Crippen molar-refractivity contribution in [3.63, 3.8) is 0 Å². The fraction of sp³-hybridized carbons (Fsp3) is 0.368. The van der Waals surface area contributed by atoms with Crippen molar-refractivity contribution in [2.24, 2.45) is 0 Å². The van der Waals surface area contributed by atoms with Gasteiger partial charge in [0.1, 0.15) is 18.1 Å². The molecule has 2 heterocycles. The lowest BCUT2D eigenvalue weighted by Gasteiger charge is -2.18. The molecule has 1 aliphatic rings. The lowest BCUT2D eigenvalue weighted by atomic mass is 10.2. The first-order valence-electron chi connectivity index (χ1n) is 8.81. The Hall–Kier alpha value is -3.36. The van der Waals surface area contributed by atoms with E-state index in [9.17, 15) is 14.4 Å². The van der Waals surface area contributed by atoms with E-state index in [-0.39, 0.29) is 12.1 Å². The van der Waals surface area contributed by atoms with E-state index in [1.54, 1.807) is 24.3 Å². The predicted octanol–water partition coefficient (Wildman–Crippen LogP) is 1.97. The highest BCUT2D eigenvalue weighted by Gasteiger charge is 2.31. The molecule has 1 saturated heterocycles. The van der Waals surface area contributed by atoms with E-state index < -0.39 is 24.0 Å². The van der Waals surface area contributed by atoms with Gasteiger partial charge in [0.05, 0.1) is 16.8 Å². The number of benzene rings is 1. The van der Waals surface area contributed by atoms with Gasteiger partial charge in [-0.25, -0.2) is 9.59 Å². The first kappa shape index (κ1) is 19.4. The van der Waals surface area contributed by atoms with E-state index in [0.29, 0.717) is 24.7 Å². The number of rotatable bonds is 6. The first-order chi connectivity index (χ1) is 13.4. The number of esters is 1. The smallest absolute Gasteiger partial charge is 0.338 e. The van der Waals surface area contributed by atoms with Crippen LogP contribution in [0.1, 0.15) is 34.3 Å². The topological polar surface area (TPSA) is 111 Å². The number of nitrogens with zero attached hydrogens (tertiary/aromatic N) is 2. The Morgan fingerprint density at radius 3 is 2.57 bits per heavy atom. The Bertz CT molecular complexity index is 870. The van der Waals surface area contributed by atoms with Crippen LogP contribution in [-0.4, -0.2) is 47.2 Å². The van der Waals surface area contributed by atoms with Crippen LogP contribution in [0, 0.1) is 13.8 Å². The van der Waals surface area contributed by atoms with Crippen molar-refractivity contribution in [2.45, 2.75) is 33.5 Å². The molecule has 0 saturated carbocycles. The van der Waals surface area contributed by atoms with Gasteiger partial charge < -0.3 is 19.3 Å². The molecule has 1 aromatic carbocycles. The standard InChI is InChI=1S/C19H21N3O6/c1-11-16(12(2)28-21-11)10-26-15-6-4-14(5-7-15)18(24)27-13(3)17(23)22-9-8-20-19(22)25/h4-7,13H,8-10H2,1-3H3,(H,20,25)/t13-/m0/s1. The predicted molar refractivity (Wildman–Crippen MR) is 96.7 cm³/mol. The summed E-state index contributed by atoms with van der Waals surface area (Å²) in [6.07, 6.45) is -1.06. The molecule has 28 heavy (non-hydrogen) atoms. The number of imide groups is 1. The number of aromatic nitrogens is 1. The van der Waals surface area contributed by atoms with Crippen molar-refractivity contribution in [1.82, 2.24) is 15.4 Å². The summed E-state index contributed by atoms with van der Waals surface area (Å²) in [7, 11) is 0. The normalized spacial score (nSPS) is 14.5. The van der Waals surface area contributed by atoms with E-state index in [1.807, 2.05) is 13.8 Å². The fourth-order valence-electron chi connectivity index (χ4n) is 2.73. The molecular formula is C19H21N3O6. The van der Waals surface area contributed by atoms with E-state index in [4.69, 9.17) is 14.0 Å². The molecule has 1 aliphatic heterocycles. The van der Waals surface area contributed by atoms with Gasteiger partial charge >= 0.3 is 12.0 Å². The largest absolute Gasteiger partial charge is 0.489 e. The number of urea groups is 1. The maximum atomic E-state index is 12.2. The van der Waals surface area contributed by atoms with Crippen LogP contribution < -0.4 is 10.1 Å². The minimum Gasteiger partial charge on any atom is -0.489 e. The number of hydrogen-bond acceptors (Lipinski definition) is 7. The molecule has 9 nitrogen and oxygen atoms in total. The van der Waals surface area contributed by atoms with Gasteiger partial charge in [0.15, 0.2) is 6.10 Å². The third kappa shape index (κ3) is 4.13. The molecule has 0 aliphatic carbocycles. The highest BCUT2D eigenvalue weighted by Crippen LogP contribution is 2.18. The summed E-state index contributed by atoms with van der Waals surface area (Å²) in [6, 6.07) is 5.88. The van der Waals surface area contributed by atoms with Gasteiger partial charge in [-0.3, -0.25) is 9.69 Å². The minimum atomic E-state index is -1.06. The zero-order valence-corrected chi connectivity index (χ0v) is 15.9. The zero-order chi connectivity index (χ0) is 20.3. The SMILES string of the molecule is Cc1noc(C)c1COc1ccc(C(=O)O[C@@H](C)C(=O)N2CCNC2=O)cc1. The second-order valence-corrected chi connectivity index (χ2v) is 6.39. The summed E-state index contributed by atoms with van der Waals surface area (Å²) >= 11 is 0. The van der Waals surface area contributed by atoms with Crippen LogP contribution in [0.2, 0.25) is 0 Å². The zero-order valence-electron chi connectivity index (χ0n) is 15.9. The summed E-state index contributed by atoms with van der Waals surface area (Å²) in [5.41, 5.74) is 1.92. The average Bonchev–Trinajstić information content (AvgIpc) is 3.25. The molecule has 1 fully saturated rings. The highest BCUT2D eigenvalue weighted by atomic mass is 16.5. The van der Waals surface area contributed by atoms with E-state index in [1.165, 1.54) is 6.92 Å². The van der Waals surface area contributed by atoms with Crippen LogP contribution in [0.25, 0.3) is 0 Å². The quantitative estimate of drug-likeness (QED) is 0.754. The third-order valence-electron chi connectivity index (χ3n) is 4.41. The molecule has 0 bridgehead atoms. The van der Waals surface area contributed by atoms with Crippen molar-refractivity contribution >= 4 is 17.9 Å². The Morgan fingerprint density at radius 2 is 2.00 bits per heavy atom. The lowest BCUT2D eigenvalue weighted by Crippen LogP contribution is -2.41. The van der Waals surface area contributed by atoms with E-state index >= 15 is 0 Å². The van der Waals surface area contributed by atoms with Gasteiger partial charge in [-0.05, 0) is 45.0 Å². The summed E-state index contributed by atoms with van der Waals surface area (Å²) < 4.78 is 16.0. The maximum Gasteiger partial charge on any atom is 0.338 e. The van der Waals surface area contributed by atoms with Crippen LogP contribution in [-0.2, 0) is 16.1 Å². The van der Waals surface area contributed by atoms with Crippen LogP contribution in [0.5, 0.6) is 5.75 Å². The van der Waals surface area contributed by atoms with Crippen molar-refractivity contribution in [2.75, 3.05) is 13.1 Å². The molecule has 0 spiro atoms. The van der Waals surface area contributed by atoms with Crippen LogP contribution in [0.15, 0.2) is 28.8 Å². The van der Waals surface area contributed by atoms with Gasteiger partial charge in [0.25, 0.3) is 5.91 Å². The monoisotopic (exact) mass is 387 g/mol. The Morgan fingerprint density at radius 1 is 1.29 bits per heavy atom. The van der Waals surface area contributed by atoms with Crippen molar-refractivity contribution < 1.29 is 28.4 Å². The number of amides is 3. The average molecular weight is 387 g/mol. The minimum absolute atomic E-state index is 0.261. The van der Waals surface area contributed by atoms with Gasteiger partial charge in [0.2, 0.25) is 0 Å². The lowest BCUT2D eigenvalue weighted by molar-refractivity contribution is -0.136. The molecule has 1 atom stereocenters. The fourth-order valence-corrected chi connectivity index (χ4v) is 2.73. The van der Waals surface area contributed by atoms with E-state index in [2.05, 4.69) is 10.5 Å². The number of aryl methyl sites for hydroxylation is 2. The molecule has 2 aromatic rings. The van der Waals surface area contributed by atoms with Gasteiger partial charge in [-0.15, -0.1) is 0 Å². The molecule has 1 N–H and O–H groups in total. The van der Waals surface area contributed by atoms with Crippen LogP contribution in [0.4, 0.5) is 4.79 Å². The van der Waals surface area contributed by atoms with Crippen molar-refractivity contribution in [1.29, 1.82) is 0 Å². The first-order valence-corrected chi connectivity index (χ1v) is 8.81. The molecule has 3 amide bonds. The molecule has 148 valence electrons. The second-order valence-electron chi connectivity index (χ2n) is 6.39. The maximum absolute atomic E-state index is 12.2. The summed E-state index contributed by atoms with van der Waals surface area (Å²) in [5, 5.41) is 6.40. The van der Waals surface area contributed by atoms with Crippen LogP contribution >= 0.6 is 0 Å². The Balaban J connectivity index is 1.56. The summed E-state index contributed by atoms with van der Waals surface area (Å²) in [5.74, 6) is 0.0537. The van der Waals surface area contributed by atoms with E-state index in [0.717, 1.165) is 16.2 Å². The van der Waals surface area contributed by atoms with Gasteiger partial charge in [-0.1, -0.05) is 5.16 Å². The molecule has 0 unspecified atom stereocenters. The summed E-state index contributed by atoms with van der Waals surface area (Å²) in [6.45, 7) is 6.03. The molecule has 1 aromatic heterocycles. The Labute approximate surface area is 161 Å². The number of ether oxygens (including phenoxy) is 2. The molecular weight excluding hydrogens is 366 g/mol. The highest BCUT2D eigenvalue weighted by molar-refractivity contribution is 5.99.